The summed E-state index contributed by atoms with van der Waals surface area (Å²) in [4.78, 5) is 17.6. The van der Waals surface area contributed by atoms with Crippen molar-refractivity contribution in [1.82, 2.24) is 15.2 Å². The Bertz CT molecular complexity index is 459. The molecular formula is C14H23N3O3. The summed E-state index contributed by atoms with van der Waals surface area (Å²) < 4.78 is 0. The molecule has 0 saturated heterocycles. The van der Waals surface area contributed by atoms with Gasteiger partial charge >= 0.3 is 0 Å². The third-order valence-electron chi connectivity index (χ3n) is 3.29. The monoisotopic (exact) mass is 281 g/mol. The van der Waals surface area contributed by atoms with E-state index in [1.54, 1.807) is 11.8 Å². The SMILES string of the molecule is CCN(CC)C(=O)CNCc1c(CO)cnc(C)c1O. The van der Waals surface area contributed by atoms with Crippen LogP contribution >= 0.6 is 0 Å². The minimum absolute atomic E-state index is 0.0193. The van der Waals surface area contributed by atoms with E-state index in [9.17, 15) is 15.0 Å². The van der Waals surface area contributed by atoms with Gasteiger partial charge in [-0.05, 0) is 20.8 Å². The topological polar surface area (TPSA) is 85.7 Å². The molecule has 6 nitrogen and oxygen atoms in total. The summed E-state index contributed by atoms with van der Waals surface area (Å²) in [5.41, 5.74) is 1.66. The van der Waals surface area contributed by atoms with Crippen molar-refractivity contribution in [3.8, 4) is 5.75 Å². The normalized spacial score (nSPS) is 10.6. The summed E-state index contributed by atoms with van der Waals surface area (Å²) in [7, 11) is 0. The molecule has 20 heavy (non-hydrogen) atoms. The smallest absolute Gasteiger partial charge is 0.236 e. The van der Waals surface area contributed by atoms with E-state index in [1.165, 1.54) is 6.20 Å². The molecule has 0 unspecified atom stereocenters. The van der Waals surface area contributed by atoms with Gasteiger partial charge in [0.15, 0.2) is 0 Å². The highest BCUT2D eigenvalue weighted by Gasteiger charge is 2.13. The molecule has 0 aliphatic heterocycles. The molecule has 1 aromatic rings. The van der Waals surface area contributed by atoms with Crippen molar-refractivity contribution in [2.45, 2.75) is 33.9 Å². The van der Waals surface area contributed by atoms with Gasteiger partial charge in [0.05, 0.1) is 18.8 Å². The third-order valence-corrected chi connectivity index (χ3v) is 3.29. The molecule has 0 aliphatic rings. The van der Waals surface area contributed by atoms with Crippen molar-refractivity contribution in [2.75, 3.05) is 19.6 Å². The molecule has 0 fully saturated rings. The van der Waals surface area contributed by atoms with E-state index >= 15 is 0 Å². The van der Waals surface area contributed by atoms with Gasteiger partial charge in [0.25, 0.3) is 0 Å². The van der Waals surface area contributed by atoms with E-state index in [2.05, 4.69) is 10.3 Å². The quantitative estimate of drug-likeness (QED) is 0.679. The van der Waals surface area contributed by atoms with E-state index in [-0.39, 0.29) is 24.8 Å². The van der Waals surface area contributed by atoms with Gasteiger partial charge in [0, 0.05) is 37.0 Å². The van der Waals surface area contributed by atoms with Crippen molar-refractivity contribution in [1.29, 1.82) is 0 Å². The molecule has 112 valence electrons. The van der Waals surface area contributed by atoms with Gasteiger partial charge in [-0.25, -0.2) is 0 Å². The van der Waals surface area contributed by atoms with E-state index in [0.717, 1.165) is 0 Å². The van der Waals surface area contributed by atoms with Crippen LogP contribution in [0.15, 0.2) is 6.20 Å². The maximum Gasteiger partial charge on any atom is 0.236 e. The Kier molecular flexibility index (Phi) is 6.41. The Morgan fingerprint density at radius 3 is 2.60 bits per heavy atom. The summed E-state index contributed by atoms with van der Waals surface area (Å²) in [6.07, 6.45) is 1.54. The molecule has 0 saturated carbocycles. The zero-order chi connectivity index (χ0) is 15.1. The Morgan fingerprint density at radius 2 is 2.05 bits per heavy atom. The number of nitrogens with one attached hydrogen (secondary N) is 1. The second-order valence-corrected chi connectivity index (χ2v) is 4.52. The number of hydrogen-bond donors (Lipinski definition) is 3. The molecule has 1 heterocycles. The van der Waals surface area contributed by atoms with Crippen molar-refractivity contribution in [3.63, 3.8) is 0 Å². The first-order valence-electron chi connectivity index (χ1n) is 6.80. The Morgan fingerprint density at radius 1 is 1.40 bits per heavy atom. The van der Waals surface area contributed by atoms with Gasteiger partial charge in [-0.2, -0.15) is 0 Å². The summed E-state index contributed by atoms with van der Waals surface area (Å²) in [6.45, 7) is 7.25. The number of aromatic hydroxyl groups is 1. The van der Waals surface area contributed by atoms with Crippen LogP contribution in [0, 0.1) is 6.92 Å². The lowest BCUT2D eigenvalue weighted by Crippen LogP contribution is -2.37. The number of nitrogens with zero attached hydrogens (tertiary/aromatic N) is 2. The van der Waals surface area contributed by atoms with Gasteiger partial charge in [0.1, 0.15) is 5.75 Å². The van der Waals surface area contributed by atoms with Crippen molar-refractivity contribution in [3.05, 3.63) is 23.0 Å². The van der Waals surface area contributed by atoms with E-state index in [0.29, 0.717) is 36.5 Å². The number of hydrogen-bond acceptors (Lipinski definition) is 5. The van der Waals surface area contributed by atoms with Crippen LogP contribution in [0.25, 0.3) is 0 Å². The van der Waals surface area contributed by atoms with Gasteiger partial charge < -0.3 is 20.4 Å². The second kappa shape index (κ2) is 7.81. The Balaban J connectivity index is 2.66. The molecule has 0 spiro atoms. The molecule has 0 atom stereocenters. The molecule has 0 radical (unpaired) electrons. The Hall–Kier alpha value is -1.66. The lowest BCUT2D eigenvalue weighted by molar-refractivity contribution is -0.129. The first-order chi connectivity index (χ1) is 9.54. The van der Waals surface area contributed by atoms with E-state index in [1.807, 2.05) is 13.8 Å². The molecule has 0 aliphatic carbocycles. The van der Waals surface area contributed by atoms with Gasteiger partial charge in [-0.1, -0.05) is 0 Å². The summed E-state index contributed by atoms with van der Waals surface area (Å²) in [5, 5.41) is 22.2. The lowest BCUT2D eigenvalue weighted by atomic mass is 10.1. The van der Waals surface area contributed by atoms with Crippen LogP contribution in [0.5, 0.6) is 5.75 Å². The molecule has 6 heteroatoms. The standard InChI is InChI=1S/C14H23N3O3/c1-4-17(5-2)13(19)8-15-7-12-11(9-18)6-16-10(3)14(12)20/h6,15,18,20H,4-5,7-9H2,1-3H3. The highest BCUT2D eigenvalue weighted by Crippen LogP contribution is 2.23. The second-order valence-electron chi connectivity index (χ2n) is 4.52. The molecule has 0 bridgehead atoms. The van der Waals surface area contributed by atoms with Crippen molar-refractivity contribution >= 4 is 5.91 Å². The number of rotatable bonds is 7. The third kappa shape index (κ3) is 3.91. The highest BCUT2D eigenvalue weighted by atomic mass is 16.3. The molecule has 1 rings (SSSR count). The van der Waals surface area contributed by atoms with Gasteiger partial charge in [-0.15, -0.1) is 0 Å². The summed E-state index contributed by atoms with van der Waals surface area (Å²) >= 11 is 0. The average Bonchev–Trinajstić information content (AvgIpc) is 2.45. The van der Waals surface area contributed by atoms with Crippen LogP contribution in [-0.4, -0.2) is 45.6 Å². The number of pyridine rings is 1. The fourth-order valence-corrected chi connectivity index (χ4v) is 2.00. The maximum absolute atomic E-state index is 11.8. The predicted molar refractivity (Wildman–Crippen MR) is 76.2 cm³/mol. The molecule has 1 aromatic heterocycles. The van der Waals surface area contributed by atoms with Gasteiger partial charge in [0.2, 0.25) is 5.91 Å². The largest absolute Gasteiger partial charge is 0.506 e. The summed E-state index contributed by atoms with van der Waals surface area (Å²) in [5.74, 6) is 0.0881. The molecule has 3 N–H and O–H groups in total. The number of aliphatic hydroxyl groups excluding tert-OH is 1. The number of carbonyl (C=O) groups is 1. The zero-order valence-corrected chi connectivity index (χ0v) is 12.3. The molecular weight excluding hydrogens is 258 g/mol. The zero-order valence-electron chi connectivity index (χ0n) is 12.3. The number of aliphatic hydroxyl groups is 1. The van der Waals surface area contributed by atoms with Crippen LogP contribution in [0.2, 0.25) is 0 Å². The minimum Gasteiger partial charge on any atom is -0.506 e. The summed E-state index contributed by atoms with van der Waals surface area (Å²) in [6, 6.07) is 0. The van der Waals surface area contributed by atoms with Crippen LogP contribution in [-0.2, 0) is 17.9 Å². The van der Waals surface area contributed by atoms with Crippen molar-refractivity contribution < 1.29 is 15.0 Å². The first kappa shape index (κ1) is 16.4. The fourth-order valence-electron chi connectivity index (χ4n) is 2.00. The fraction of sp³-hybridized carbons (Fsp3) is 0.571. The van der Waals surface area contributed by atoms with Crippen LogP contribution in [0.4, 0.5) is 0 Å². The molecule has 1 amide bonds. The number of likely N-dealkylation sites (N-methyl/N-ethyl adjacent to an activating group) is 1. The van der Waals surface area contributed by atoms with Crippen LogP contribution < -0.4 is 5.32 Å². The Labute approximate surface area is 119 Å². The number of aromatic nitrogens is 1. The first-order valence-corrected chi connectivity index (χ1v) is 6.80. The minimum atomic E-state index is -0.193. The predicted octanol–water partition coefficient (Wildman–Crippen LogP) is 0.546. The average molecular weight is 281 g/mol. The van der Waals surface area contributed by atoms with E-state index in [4.69, 9.17) is 0 Å². The van der Waals surface area contributed by atoms with Gasteiger partial charge in [-0.3, -0.25) is 9.78 Å². The maximum atomic E-state index is 11.8. The van der Waals surface area contributed by atoms with E-state index < -0.39 is 0 Å². The number of aryl methyl sites for hydroxylation is 1. The number of amides is 1. The number of carbonyl (C=O) groups excluding carboxylic acids is 1. The molecule has 0 aromatic carbocycles. The van der Waals surface area contributed by atoms with Crippen LogP contribution in [0.1, 0.15) is 30.7 Å². The van der Waals surface area contributed by atoms with Crippen LogP contribution in [0.3, 0.4) is 0 Å². The lowest BCUT2D eigenvalue weighted by Gasteiger charge is -2.19. The van der Waals surface area contributed by atoms with Crippen molar-refractivity contribution in [2.24, 2.45) is 0 Å². The highest BCUT2D eigenvalue weighted by molar-refractivity contribution is 5.78.